The fraction of sp³-hybridized carbons (Fsp3) is 0.955. The second-order valence-electron chi connectivity index (χ2n) is 16.0. The van der Waals surface area contributed by atoms with Crippen molar-refractivity contribution in [1.29, 1.82) is 0 Å². The van der Waals surface area contributed by atoms with Crippen LogP contribution in [0.2, 0.25) is 0 Å². The normalized spacial score (nSPS) is 11.9. The molecule has 0 rings (SSSR count). The third kappa shape index (κ3) is 31.6. The lowest BCUT2D eigenvalue weighted by Crippen LogP contribution is -2.28. The molecule has 0 fully saturated rings. The van der Waals surface area contributed by atoms with Crippen LogP contribution < -0.4 is 0 Å². The Morgan fingerprint density at radius 2 is 1.00 bits per heavy atom. The van der Waals surface area contributed by atoms with E-state index in [4.69, 9.17) is 9.47 Å². The number of unbranched alkanes of at least 4 members (excludes halogenated alkanes) is 17. The summed E-state index contributed by atoms with van der Waals surface area (Å²) >= 11 is 0. The molecule has 0 aliphatic rings. The molecule has 6 heteroatoms. The molecule has 0 bridgehead atoms. The predicted molar refractivity (Wildman–Crippen MR) is 214 cm³/mol. The standard InChI is InChI=1S/C44H87NO5/c1-6-9-12-13-14-20-28-40-50-43(48)44(4,5)34-23-17-19-25-36-45(37-26-27-38-46)35-24-18-15-16-21-33-42(47)49-39-29-22-32-41(30-10-7-2)31-11-8-3/h41,46H,6-40H2,1-5H3. The van der Waals surface area contributed by atoms with Crippen LogP contribution in [0.25, 0.3) is 0 Å². The maximum Gasteiger partial charge on any atom is 0.311 e. The highest BCUT2D eigenvalue weighted by Gasteiger charge is 2.28. The molecule has 50 heavy (non-hydrogen) atoms. The van der Waals surface area contributed by atoms with Crippen LogP contribution in [0, 0.1) is 11.3 Å². The molecule has 0 saturated heterocycles. The summed E-state index contributed by atoms with van der Waals surface area (Å²) in [7, 11) is 0. The Morgan fingerprint density at radius 1 is 0.540 bits per heavy atom. The maximum absolute atomic E-state index is 12.6. The van der Waals surface area contributed by atoms with Crippen molar-refractivity contribution < 1.29 is 24.2 Å². The minimum absolute atomic E-state index is 0.0177. The third-order valence-electron chi connectivity index (χ3n) is 10.5. The summed E-state index contributed by atoms with van der Waals surface area (Å²) in [5.41, 5.74) is -0.400. The first kappa shape index (κ1) is 48.9. The average Bonchev–Trinajstić information content (AvgIpc) is 3.10. The van der Waals surface area contributed by atoms with Crippen molar-refractivity contribution in [2.24, 2.45) is 11.3 Å². The van der Waals surface area contributed by atoms with E-state index in [1.165, 1.54) is 116 Å². The number of rotatable bonds is 39. The molecule has 0 amide bonds. The summed E-state index contributed by atoms with van der Waals surface area (Å²) in [4.78, 5) is 27.4. The zero-order valence-electron chi connectivity index (χ0n) is 34.4. The fourth-order valence-electron chi connectivity index (χ4n) is 6.91. The topological polar surface area (TPSA) is 76.1 Å². The van der Waals surface area contributed by atoms with Crippen LogP contribution >= 0.6 is 0 Å². The van der Waals surface area contributed by atoms with E-state index in [2.05, 4.69) is 25.7 Å². The van der Waals surface area contributed by atoms with Gasteiger partial charge in [-0.1, -0.05) is 143 Å². The Morgan fingerprint density at radius 3 is 1.60 bits per heavy atom. The highest BCUT2D eigenvalue weighted by atomic mass is 16.5. The van der Waals surface area contributed by atoms with Crippen LogP contribution in [0.4, 0.5) is 0 Å². The van der Waals surface area contributed by atoms with Crippen molar-refractivity contribution >= 4 is 11.9 Å². The molecule has 0 radical (unpaired) electrons. The van der Waals surface area contributed by atoms with Gasteiger partial charge < -0.3 is 19.5 Å². The molecule has 0 unspecified atom stereocenters. The van der Waals surface area contributed by atoms with E-state index in [1.807, 2.05) is 13.8 Å². The first-order valence-corrected chi connectivity index (χ1v) is 22.0. The van der Waals surface area contributed by atoms with Gasteiger partial charge in [0.15, 0.2) is 0 Å². The van der Waals surface area contributed by atoms with E-state index in [1.54, 1.807) is 0 Å². The van der Waals surface area contributed by atoms with Gasteiger partial charge in [0.2, 0.25) is 0 Å². The molecule has 0 aromatic rings. The number of esters is 2. The highest BCUT2D eigenvalue weighted by Crippen LogP contribution is 2.26. The van der Waals surface area contributed by atoms with Crippen LogP contribution in [0.3, 0.4) is 0 Å². The van der Waals surface area contributed by atoms with E-state index >= 15 is 0 Å². The third-order valence-corrected chi connectivity index (χ3v) is 10.5. The Labute approximate surface area is 312 Å². The first-order chi connectivity index (χ1) is 24.3. The lowest BCUT2D eigenvalue weighted by Gasteiger charge is -2.23. The molecule has 0 aliphatic carbocycles. The molecule has 0 heterocycles. The zero-order valence-corrected chi connectivity index (χ0v) is 34.4. The Kier molecular flexibility index (Phi) is 35.4. The molecule has 298 valence electrons. The summed E-state index contributed by atoms with van der Waals surface area (Å²) in [5, 5.41) is 9.26. The minimum Gasteiger partial charge on any atom is -0.466 e. The lowest BCUT2D eigenvalue weighted by atomic mass is 9.87. The molecule has 6 nitrogen and oxygen atoms in total. The van der Waals surface area contributed by atoms with E-state index in [0.29, 0.717) is 19.6 Å². The van der Waals surface area contributed by atoms with Crippen molar-refractivity contribution in [3.05, 3.63) is 0 Å². The second kappa shape index (κ2) is 36.2. The first-order valence-electron chi connectivity index (χ1n) is 22.0. The van der Waals surface area contributed by atoms with Crippen molar-refractivity contribution in [3.8, 4) is 0 Å². The number of carbonyl (C=O) groups excluding carboxylic acids is 2. The van der Waals surface area contributed by atoms with Crippen molar-refractivity contribution in [1.82, 2.24) is 4.90 Å². The summed E-state index contributed by atoms with van der Waals surface area (Å²) < 4.78 is 11.2. The van der Waals surface area contributed by atoms with E-state index in [0.717, 1.165) is 89.8 Å². The molecular weight excluding hydrogens is 622 g/mol. The van der Waals surface area contributed by atoms with Gasteiger partial charge in [-0.3, -0.25) is 9.59 Å². The van der Waals surface area contributed by atoms with Gasteiger partial charge in [0, 0.05) is 13.0 Å². The second-order valence-corrected chi connectivity index (χ2v) is 16.0. The van der Waals surface area contributed by atoms with Crippen molar-refractivity contribution in [2.75, 3.05) is 39.5 Å². The highest BCUT2D eigenvalue weighted by molar-refractivity contribution is 5.75. The molecule has 1 N–H and O–H groups in total. The molecular formula is C44H87NO5. The molecule has 0 spiro atoms. The number of carbonyl (C=O) groups is 2. The van der Waals surface area contributed by atoms with Gasteiger partial charge in [-0.05, 0) is 97.2 Å². The van der Waals surface area contributed by atoms with E-state index in [-0.39, 0.29) is 18.5 Å². The van der Waals surface area contributed by atoms with Crippen LogP contribution in [0.15, 0.2) is 0 Å². The van der Waals surface area contributed by atoms with Gasteiger partial charge in [-0.2, -0.15) is 0 Å². The summed E-state index contributed by atoms with van der Waals surface area (Å²) in [5.74, 6) is 0.805. The van der Waals surface area contributed by atoms with Gasteiger partial charge in [0.25, 0.3) is 0 Å². The zero-order chi connectivity index (χ0) is 37.0. The van der Waals surface area contributed by atoms with E-state index < -0.39 is 5.41 Å². The van der Waals surface area contributed by atoms with Gasteiger partial charge in [-0.15, -0.1) is 0 Å². The Bertz CT molecular complexity index is 734. The summed E-state index contributed by atoms with van der Waals surface area (Å²) in [6.45, 7) is 15.6. The monoisotopic (exact) mass is 710 g/mol. The predicted octanol–water partition coefficient (Wildman–Crippen LogP) is 12.4. The molecule has 0 aromatic carbocycles. The van der Waals surface area contributed by atoms with Gasteiger partial charge in [-0.25, -0.2) is 0 Å². The van der Waals surface area contributed by atoms with Crippen molar-refractivity contribution in [2.45, 2.75) is 221 Å². The largest absolute Gasteiger partial charge is 0.466 e. The number of hydrogen-bond donors (Lipinski definition) is 1. The Balaban J connectivity index is 4.00. The number of nitrogens with zero attached hydrogens (tertiary/aromatic N) is 1. The smallest absolute Gasteiger partial charge is 0.311 e. The lowest BCUT2D eigenvalue weighted by molar-refractivity contribution is -0.154. The number of ether oxygens (including phenoxy) is 2. The average molecular weight is 710 g/mol. The molecule has 0 aromatic heterocycles. The fourth-order valence-corrected chi connectivity index (χ4v) is 6.91. The summed E-state index contributed by atoms with van der Waals surface area (Å²) in [6, 6.07) is 0. The number of aliphatic hydroxyl groups is 1. The Hall–Kier alpha value is -1.14. The van der Waals surface area contributed by atoms with Gasteiger partial charge >= 0.3 is 11.9 Å². The maximum atomic E-state index is 12.6. The summed E-state index contributed by atoms with van der Waals surface area (Å²) in [6.07, 6.45) is 33.6. The van der Waals surface area contributed by atoms with Gasteiger partial charge in [0.1, 0.15) is 0 Å². The SMILES string of the molecule is CCCCCCCCCOC(=O)C(C)(C)CCCCCCN(CCCCO)CCCCCCCC(=O)OCCCCC(CCCC)CCCC. The van der Waals surface area contributed by atoms with E-state index in [9.17, 15) is 14.7 Å². The van der Waals surface area contributed by atoms with Crippen LogP contribution in [0.1, 0.15) is 221 Å². The van der Waals surface area contributed by atoms with Crippen LogP contribution in [-0.4, -0.2) is 61.4 Å². The van der Waals surface area contributed by atoms with Gasteiger partial charge in [0.05, 0.1) is 18.6 Å². The quantitative estimate of drug-likeness (QED) is 0.0506. The number of hydrogen-bond acceptors (Lipinski definition) is 6. The minimum atomic E-state index is -0.400. The number of aliphatic hydroxyl groups excluding tert-OH is 1. The molecule has 0 saturated carbocycles. The molecule has 0 aliphatic heterocycles. The van der Waals surface area contributed by atoms with Crippen molar-refractivity contribution in [3.63, 3.8) is 0 Å². The van der Waals surface area contributed by atoms with Crippen LogP contribution in [0.5, 0.6) is 0 Å². The molecule has 0 atom stereocenters. The van der Waals surface area contributed by atoms with Crippen LogP contribution in [-0.2, 0) is 19.1 Å².